The largest absolute Gasteiger partial charge is 0.361 e. The summed E-state index contributed by atoms with van der Waals surface area (Å²) in [6.07, 6.45) is 4.03. The van der Waals surface area contributed by atoms with Gasteiger partial charge in [0, 0.05) is 45.4 Å². The van der Waals surface area contributed by atoms with Crippen molar-refractivity contribution in [1.29, 1.82) is 0 Å². The van der Waals surface area contributed by atoms with Crippen molar-refractivity contribution in [3.8, 4) is 0 Å². The molecule has 0 N–H and O–H groups in total. The van der Waals surface area contributed by atoms with Crippen LogP contribution in [0.1, 0.15) is 44.6 Å². The van der Waals surface area contributed by atoms with E-state index in [-0.39, 0.29) is 17.7 Å². The number of hydrogen-bond acceptors (Lipinski definition) is 6. The molecule has 4 heterocycles. The lowest BCUT2D eigenvalue weighted by atomic mass is 10.0. The van der Waals surface area contributed by atoms with Crippen molar-refractivity contribution in [2.24, 2.45) is 0 Å². The number of aromatic nitrogens is 4. The summed E-state index contributed by atoms with van der Waals surface area (Å²) >= 11 is 0. The number of likely N-dealkylation sites (tertiary alicyclic amines) is 1. The van der Waals surface area contributed by atoms with Crippen LogP contribution in [0.5, 0.6) is 0 Å². The van der Waals surface area contributed by atoms with E-state index in [1.807, 2.05) is 6.07 Å². The Balaban J connectivity index is 1.60. The molecule has 3 aromatic heterocycles. The Bertz CT molecular complexity index is 1020. The molecule has 0 unspecified atom stereocenters. The Morgan fingerprint density at radius 2 is 2.15 bits per heavy atom. The molecule has 0 aliphatic carbocycles. The number of carbonyl (C=O) groups excluding carboxylic acids is 2. The molecule has 0 aromatic carbocycles. The second kappa shape index (κ2) is 6.49. The molecular formula is C18H20N6O3. The van der Waals surface area contributed by atoms with Gasteiger partial charge in [-0.05, 0) is 19.4 Å². The van der Waals surface area contributed by atoms with Gasteiger partial charge in [-0.3, -0.25) is 9.59 Å². The normalized spacial score (nSPS) is 16.9. The van der Waals surface area contributed by atoms with E-state index in [2.05, 4.69) is 15.2 Å². The zero-order valence-electron chi connectivity index (χ0n) is 15.4. The lowest BCUT2D eigenvalue weighted by molar-refractivity contribution is 0.0779. The number of hydrogen-bond donors (Lipinski definition) is 0. The summed E-state index contributed by atoms with van der Waals surface area (Å²) < 4.78 is 6.71. The Labute approximate surface area is 155 Å². The van der Waals surface area contributed by atoms with Gasteiger partial charge >= 0.3 is 0 Å². The third-order valence-electron chi connectivity index (χ3n) is 4.81. The summed E-state index contributed by atoms with van der Waals surface area (Å²) in [5.41, 5.74) is 2.25. The van der Waals surface area contributed by atoms with Crippen molar-refractivity contribution in [3.63, 3.8) is 0 Å². The highest BCUT2D eigenvalue weighted by Crippen LogP contribution is 2.28. The molecule has 0 bridgehead atoms. The maximum absolute atomic E-state index is 12.6. The predicted molar refractivity (Wildman–Crippen MR) is 95.5 cm³/mol. The van der Waals surface area contributed by atoms with Gasteiger partial charge in [-0.1, -0.05) is 5.16 Å². The molecular weight excluding hydrogens is 348 g/mol. The van der Waals surface area contributed by atoms with Crippen molar-refractivity contribution in [1.82, 2.24) is 29.6 Å². The summed E-state index contributed by atoms with van der Waals surface area (Å²) in [6, 6.07) is 3.54. The minimum absolute atomic E-state index is 0.106. The molecule has 1 aliphatic rings. The number of rotatable bonds is 3. The van der Waals surface area contributed by atoms with Gasteiger partial charge in [0.25, 0.3) is 11.8 Å². The highest BCUT2D eigenvalue weighted by Gasteiger charge is 2.31. The minimum Gasteiger partial charge on any atom is -0.361 e. The SMILES string of the molecule is Cc1cc(C(=O)N2CC[C@H](c3ccnc4c(C(=O)N(C)C)cnn34)C2)no1. The Morgan fingerprint density at radius 3 is 2.85 bits per heavy atom. The van der Waals surface area contributed by atoms with E-state index in [0.29, 0.717) is 35.8 Å². The maximum atomic E-state index is 12.6. The lowest BCUT2D eigenvalue weighted by Gasteiger charge is -2.15. The van der Waals surface area contributed by atoms with Gasteiger partial charge in [0.15, 0.2) is 11.3 Å². The molecule has 1 aliphatic heterocycles. The monoisotopic (exact) mass is 368 g/mol. The van der Waals surface area contributed by atoms with Crippen LogP contribution in [0, 0.1) is 6.92 Å². The van der Waals surface area contributed by atoms with Gasteiger partial charge in [0.05, 0.1) is 11.9 Å². The van der Waals surface area contributed by atoms with Crippen LogP contribution in [0.2, 0.25) is 0 Å². The molecule has 3 aromatic rings. The molecule has 2 amide bonds. The van der Waals surface area contributed by atoms with Crippen LogP contribution in [-0.2, 0) is 0 Å². The first-order valence-corrected chi connectivity index (χ1v) is 8.72. The molecule has 140 valence electrons. The third-order valence-corrected chi connectivity index (χ3v) is 4.81. The fourth-order valence-electron chi connectivity index (χ4n) is 3.43. The zero-order chi connectivity index (χ0) is 19.1. The molecule has 1 atom stereocenters. The van der Waals surface area contributed by atoms with Gasteiger partial charge in [0.2, 0.25) is 0 Å². The van der Waals surface area contributed by atoms with E-state index in [1.54, 1.807) is 48.9 Å². The van der Waals surface area contributed by atoms with E-state index >= 15 is 0 Å². The van der Waals surface area contributed by atoms with Crippen LogP contribution >= 0.6 is 0 Å². The van der Waals surface area contributed by atoms with Crippen LogP contribution < -0.4 is 0 Å². The Kier molecular flexibility index (Phi) is 4.14. The van der Waals surface area contributed by atoms with Crippen LogP contribution in [0.25, 0.3) is 5.65 Å². The first-order valence-electron chi connectivity index (χ1n) is 8.72. The van der Waals surface area contributed by atoms with Gasteiger partial charge < -0.3 is 14.3 Å². The smallest absolute Gasteiger partial charge is 0.276 e. The standard InChI is InChI=1S/C18H20N6O3/c1-11-8-14(21-27-11)18(26)23-7-5-12(10-23)15-4-6-19-16-13(9-20-24(15)16)17(25)22(2)3/h4,6,8-9,12H,5,7,10H2,1-3H3/t12-/m0/s1. The fourth-order valence-corrected chi connectivity index (χ4v) is 3.43. The van der Waals surface area contributed by atoms with Crippen LogP contribution in [0.4, 0.5) is 0 Å². The molecule has 1 fully saturated rings. The van der Waals surface area contributed by atoms with Crippen LogP contribution in [-0.4, -0.2) is 68.6 Å². The van der Waals surface area contributed by atoms with Crippen LogP contribution in [0.3, 0.4) is 0 Å². The van der Waals surface area contributed by atoms with E-state index in [4.69, 9.17) is 4.52 Å². The second-order valence-electron chi connectivity index (χ2n) is 6.92. The lowest BCUT2D eigenvalue weighted by Crippen LogP contribution is -2.28. The van der Waals surface area contributed by atoms with E-state index in [0.717, 1.165) is 12.1 Å². The average molecular weight is 368 g/mol. The number of aryl methyl sites for hydroxylation is 1. The molecule has 9 nitrogen and oxygen atoms in total. The molecule has 0 spiro atoms. The number of nitrogens with zero attached hydrogens (tertiary/aromatic N) is 6. The van der Waals surface area contributed by atoms with Gasteiger partial charge in [0.1, 0.15) is 11.3 Å². The number of carbonyl (C=O) groups is 2. The minimum atomic E-state index is -0.140. The first-order chi connectivity index (χ1) is 13.0. The summed E-state index contributed by atoms with van der Waals surface area (Å²) in [7, 11) is 3.39. The van der Waals surface area contributed by atoms with Gasteiger partial charge in [-0.15, -0.1) is 0 Å². The van der Waals surface area contributed by atoms with Crippen molar-refractivity contribution in [2.75, 3.05) is 27.2 Å². The van der Waals surface area contributed by atoms with Crippen molar-refractivity contribution < 1.29 is 14.1 Å². The summed E-state index contributed by atoms with van der Waals surface area (Å²) in [5.74, 6) is 0.442. The molecule has 0 saturated carbocycles. The topological polar surface area (TPSA) is 96.8 Å². The van der Waals surface area contributed by atoms with Crippen molar-refractivity contribution in [3.05, 3.63) is 47.2 Å². The van der Waals surface area contributed by atoms with Gasteiger partial charge in [-0.25, -0.2) is 9.50 Å². The molecule has 1 saturated heterocycles. The van der Waals surface area contributed by atoms with E-state index < -0.39 is 0 Å². The van der Waals surface area contributed by atoms with E-state index in [1.165, 1.54) is 4.90 Å². The molecule has 9 heteroatoms. The summed E-state index contributed by atoms with van der Waals surface area (Å²) in [5, 5.41) is 8.19. The average Bonchev–Trinajstić information content (AvgIpc) is 3.39. The second-order valence-corrected chi connectivity index (χ2v) is 6.92. The number of amides is 2. The van der Waals surface area contributed by atoms with Gasteiger partial charge in [-0.2, -0.15) is 5.10 Å². The molecule has 4 rings (SSSR count). The first kappa shape index (κ1) is 17.2. The predicted octanol–water partition coefficient (Wildman–Crippen LogP) is 1.36. The Morgan fingerprint density at radius 1 is 1.33 bits per heavy atom. The third kappa shape index (κ3) is 2.94. The summed E-state index contributed by atoms with van der Waals surface area (Å²) in [4.78, 5) is 32.5. The summed E-state index contributed by atoms with van der Waals surface area (Å²) in [6.45, 7) is 2.94. The molecule has 27 heavy (non-hydrogen) atoms. The zero-order valence-corrected chi connectivity index (χ0v) is 15.4. The molecule has 0 radical (unpaired) electrons. The van der Waals surface area contributed by atoms with Crippen molar-refractivity contribution in [2.45, 2.75) is 19.3 Å². The van der Waals surface area contributed by atoms with Crippen molar-refractivity contribution >= 4 is 17.5 Å². The highest BCUT2D eigenvalue weighted by molar-refractivity contribution is 5.99. The highest BCUT2D eigenvalue weighted by atomic mass is 16.5. The quantitative estimate of drug-likeness (QED) is 0.692. The fraction of sp³-hybridized carbons (Fsp3) is 0.389. The maximum Gasteiger partial charge on any atom is 0.276 e. The van der Waals surface area contributed by atoms with Crippen LogP contribution in [0.15, 0.2) is 29.0 Å². The number of fused-ring (bicyclic) bond motifs is 1. The van der Waals surface area contributed by atoms with E-state index in [9.17, 15) is 9.59 Å². The Hall–Kier alpha value is -3.23.